The minimum absolute atomic E-state index is 0.576. The highest BCUT2D eigenvalue weighted by molar-refractivity contribution is 7.07. The first-order valence-electron chi connectivity index (χ1n) is 4.97. The maximum absolute atomic E-state index is 5.32. The summed E-state index contributed by atoms with van der Waals surface area (Å²) in [6.07, 6.45) is 0.856. The molecule has 90 valence electrons. The van der Waals surface area contributed by atoms with Crippen LogP contribution in [0.5, 0.6) is 0 Å². The Labute approximate surface area is 98.9 Å². The standard InChI is InChI=1S/C9H17N5OS/c1-15-5-4-12-9(14-10)11-3-2-8-6-16-7-13-8/h6-7H,2-5,10H2,1H3,(H2,11,12,14). The van der Waals surface area contributed by atoms with Gasteiger partial charge in [0.2, 0.25) is 5.96 Å². The van der Waals surface area contributed by atoms with Gasteiger partial charge in [-0.2, -0.15) is 0 Å². The summed E-state index contributed by atoms with van der Waals surface area (Å²) >= 11 is 1.60. The lowest BCUT2D eigenvalue weighted by Crippen LogP contribution is -2.42. The number of aliphatic imine (C=N–C) groups is 1. The molecule has 1 aromatic rings. The van der Waals surface area contributed by atoms with Crippen LogP contribution in [0.4, 0.5) is 0 Å². The first-order chi connectivity index (χ1) is 7.86. The van der Waals surface area contributed by atoms with Gasteiger partial charge in [-0.05, 0) is 0 Å². The van der Waals surface area contributed by atoms with E-state index in [2.05, 4.69) is 20.7 Å². The van der Waals surface area contributed by atoms with Crippen LogP contribution in [0.3, 0.4) is 0 Å². The summed E-state index contributed by atoms with van der Waals surface area (Å²) in [5, 5.41) is 5.12. The van der Waals surface area contributed by atoms with Gasteiger partial charge in [-0.25, -0.2) is 15.8 Å². The lowest BCUT2D eigenvalue weighted by Gasteiger charge is -2.07. The molecule has 0 radical (unpaired) electrons. The summed E-state index contributed by atoms with van der Waals surface area (Å²) < 4.78 is 4.89. The molecule has 0 saturated heterocycles. The third-order valence-corrected chi connectivity index (χ3v) is 2.49. The second-order valence-electron chi connectivity index (χ2n) is 3.02. The lowest BCUT2D eigenvalue weighted by atomic mass is 10.3. The molecule has 0 saturated carbocycles. The van der Waals surface area contributed by atoms with E-state index in [4.69, 9.17) is 10.6 Å². The molecule has 1 aromatic heterocycles. The van der Waals surface area contributed by atoms with Crippen LogP contribution < -0.4 is 16.6 Å². The number of methoxy groups -OCH3 is 1. The van der Waals surface area contributed by atoms with E-state index in [1.54, 1.807) is 18.4 Å². The first kappa shape index (κ1) is 12.9. The molecule has 0 bridgehead atoms. The number of nitrogens with two attached hydrogens (primary N) is 1. The highest BCUT2D eigenvalue weighted by Gasteiger charge is 1.97. The fraction of sp³-hybridized carbons (Fsp3) is 0.556. The highest BCUT2D eigenvalue weighted by Crippen LogP contribution is 2.00. The van der Waals surface area contributed by atoms with E-state index in [1.165, 1.54) is 0 Å². The van der Waals surface area contributed by atoms with Crippen molar-refractivity contribution in [1.29, 1.82) is 0 Å². The molecule has 0 unspecified atom stereocenters. The van der Waals surface area contributed by atoms with Gasteiger partial charge in [-0.3, -0.25) is 5.43 Å². The second kappa shape index (κ2) is 8.03. The van der Waals surface area contributed by atoms with Gasteiger partial charge >= 0.3 is 0 Å². The van der Waals surface area contributed by atoms with E-state index in [9.17, 15) is 0 Å². The Balaban J connectivity index is 2.20. The van der Waals surface area contributed by atoms with Crippen molar-refractivity contribution in [1.82, 2.24) is 15.7 Å². The van der Waals surface area contributed by atoms with Crippen molar-refractivity contribution in [2.24, 2.45) is 10.8 Å². The van der Waals surface area contributed by atoms with Crippen LogP contribution in [-0.4, -0.2) is 37.7 Å². The maximum atomic E-state index is 5.32. The lowest BCUT2D eigenvalue weighted by molar-refractivity contribution is 0.208. The average Bonchev–Trinajstić information content (AvgIpc) is 2.80. The predicted octanol–water partition coefficient (Wildman–Crippen LogP) is -0.259. The fourth-order valence-electron chi connectivity index (χ4n) is 1.07. The number of hydrazine groups is 1. The van der Waals surface area contributed by atoms with E-state index in [-0.39, 0.29) is 0 Å². The molecular weight excluding hydrogens is 226 g/mol. The van der Waals surface area contributed by atoms with Crippen LogP contribution in [0.15, 0.2) is 15.9 Å². The van der Waals surface area contributed by atoms with Crippen molar-refractivity contribution in [3.05, 3.63) is 16.6 Å². The van der Waals surface area contributed by atoms with Gasteiger partial charge in [-0.15, -0.1) is 11.3 Å². The normalized spacial score (nSPS) is 11.5. The topological polar surface area (TPSA) is 84.6 Å². The van der Waals surface area contributed by atoms with Crippen molar-refractivity contribution in [2.75, 3.05) is 26.8 Å². The average molecular weight is 243 g/mol. The van der Waals surface area contributed by atoms with Crippen molar-refractivity contribution in [3.8, 4) is 0 Å². The van der Waals surface area contributed by atoms with Crippen molar-refractivity contribution < 1.29 is 4.74 Å². The van der Waals surface area contributed by atoms with Crippen molar-refractivity contribution in [3.63, 3.8) is 0 Å². The van der Waals surface area contributed by atoms with Crippen LogP contribution in [0.1, 0.15) is 5.69 Å². The van der Waals surface area contributed by atoms with Gasteiger partial charge in [0, 0.05) is 25.5 Å². The van der Waals surface area contributed by atoms with Gasteiger partial charge in [-0.1, -0.05) is 0 Å². The van der Waals surface area contributed by atoms with E-state index in [0.717, 1.165) is 18.7 Å². The Hall–Kier alpha value is -1.18. The molecule has 0 spiro atoms. The van der Waals surface area contributed by atoms with Gasteiger partial charge in [0.25, 0.3) is 0 Å². The summed E-state index contributed by atoms with van der Waals surface area (Å²) in [6.45, 7) is 1.92. The summed E-state index contributed by atoms with van der Waals surface area (Å²) in [7, 11) is 1.64. The zero-order valence-corrected chi connectivity index (χ0v) is 10.1. The number of aromatic nitrogens is 1. The summed E-state index contributed by atoms with van der Waals surface area (Å²) in [6, 6.07) is 0. The van der Waals surface area contributed by atoms with Crippen LogP contribution in [0, 0.1) is 0 Å². The van der Waals surface area contributed by atoms with E-state index < -0.39 is 0 Å². The third kappa shape index (κ3) is 5.06. The monoisotopic (exact) mass is 243 g/mol. The second-order valence-corrected chi connectivity index (χ2v) is 3.74. The molecule has 1 rings (SSSR count). The number of thiazole rings is 1. The molecule has 16 heavy (non-hydrogen) atoms. The Kier molecular flexibility index (Phi) is 6.47. The Morgan fingerprint density at radius 2 is 2.56 bits per heavy atom. The number of hydrogen-bond acceptors (Lipinski definition) is 5. The van der Waals surface area contributed by atoms with Crippen LogP contribution >= 0.6 is 11.3 Å². The van der Waals surface area contributed by atoms with Crippen LogP contribution in [0.25, 0.3) is 0 Å². The molecule has 0 aliphatic carbocycles. The van der Waals surface area contributed by atoms with Crippen molar-refractivity contribution in [2.45, 2.75) is 6.42 Å². The minimum Gasteiger partial charge on any atom is -0.383 e. The number of ether oxygens (including phenoxy) is 1. The zero-order chi connectivity index (χ0) is 11.6. The van der Waals surface area contributed by atoms with E-state index in [1.807, 2.05) is 10.9 Å². The van der Waals surface area contributed by atoms with Crippen molar-refractivity contribution >= 4 is 17.3 Å². The predicted molar refractivity (Wildman–Crippen MR) is 65.3 cm³/mol. The molecule has 0 aromatic carbocycles. The molecule has 1 heterocycles. The fourth-order valence-corrected chi connectivity index (χ4v) is 1.66. The quantitative estimate of drug-likeness (QED) is 0.211. The first-order valence-corrected chi connectivity index (χ1v) is 5.92. The third-order valence-electron chi connectivity index (χ3n) is 1.86. The number of guanidine groups is 1. The molecule has 0 aliphatic rings. The SMILES string of the molecule is COCCN=C(NN)NCCc1cscn1. The van der Waals surface area contributed by atoms with E-state index >= 15 is 0 Å². The molecule has 7 heteroatoms. The zero-order valence-electron chi connectivity index (χ0n) is 9.27. The Morgan fingerprint density at radius 1 is 1.69 bits per heavy atom. The van der Waals surface area contributed by atoms with Crippen LogP contribution in [0.2, 0.25) is 0 Å². The highest BCUT2D eigenvalue weighted by atomic mass is 32.1. The molecule has 6 nitrogen and oxygen atoms in total. The van der Waals surface area contributed by atoms with E-state index in [0.29, 0.717) is 19.1 Å². The van der Waals surface area contributed by atoms with Gasteiger partial charge < -0.3 is 10.1 Å². The van der Waals surface area contributed by atoms with Crippen LogP contribution in [-0.2, 0) is 11.2 Å². The molecular formula is C9H17N5OS. The molecule has 0 fully saturated rings. The minimum atomic E-state index is 0.576. The molecule has 0 atom stereocenters. The number of hydrogen-bond donors (Lipinski definition) is 3. The van der Waals surface area contributed by atoms with Gasteiger partial charge in [0.1, 0.15) is 0 Å². The summed E-state index contributed by atoms with van der Waals surface area (Å²) in [5.74, 6) is 5.89. The summed E-state index contributed by atoms with van der Waals surface area (Å²) in [4.78, 5) is 8.36. The smallest absolute Gasteiger partial charge is 0.205 e. The van der Waals surface area contributed by atoms with Gasteiger partial charge in [0.05, 0.1) is 24.4 Å². The molecule has 0 amide bonds. The number of nitrogens with one attached hydrogen (secondary N) is 2. The largest absolute Gasteiger partial charge is 0.383 e. The van der Waals surface area contributed by atoms with Gasteiger partial charge in [0.15, 0.2) is 0 Å². The number of nitrogens with zero attached hydrogens (tertiary/aromatic N) is 2. The maximum Gasteiger partial charge on any atom is 0.205 e. The number of rotatable bonds is 6. The Bertz CT molecular complexity index is 301. The summed E-state index contributed by atoms with van der Waals surface area (Å²) in [5.41, 5.74) is 5.40. The Morgan fingerprint density at radius 3 is 3.19 bits per heavy atom. The molecule has 0 aliphatic heterocycles. The molecule has 4 N–H and O–H groups in total.